The van der Waals surface area contributed by atoms with Gasteiger partial charge < -0.3 is 9.47 Å². The van der Waals surface area contributed by atoms with Crippen LogP contribution in [0.3, 0.4) is 0 Å². The van der Waals surface area contributed by atoms with E-state index in [0.29, 0.717) is 0 Å². The van der Waals surface area contributed by atoms with Crippen LogP contribution in [-0.2, 0) is 4.74 Å². The van der Waals surface area contributed by atoms with Crippen molar-refractivity contribution in [3.63, 3.8) is 0 Å². The lowest BCUT2D eigenvalue weighted by molar-refractivity contribution is 0.0511. The SMILES string of the molecule is COCOc1ccc(/C=C/c2ccc(F)nc2)cc1. The van der Waals surface area contributed by atoms with Crippen LogP contribution in [-0.4, -0.2) is 18.9 Å². The number of ether oxygens (including phenoxy) is 2. The highest BCUT2D eigenvalue weighted by atomic mass is 19.1. The Morgan fingerprint density at radius 3 is 2.37 bits per heavy atom. The molecule has 0 aliphatic carbocycles. The maximum Gasteiger partial charge on any atom is 0.212 e. The lowest BCUT2D eigenvalue weighted by atomic mass is 10.1. The van der Waals surface area contributed by atoms with Gasteiger partial charge in [0.1, 0.15) is 5.75 Å². The van der Waals surface area contributed by atoms with Crippen molar-refractivity contribution in [1.82, 2.24) is 4.98 Å². The van der Waals surface area contributed by atoms with Gasteiger partial charge >= 0.3 is 0 Å². The van der Waals surface area contributed by atoms with Crippen LogP contribution in [0.15, 0.2) is 42.6 Å². The summed E-state index contributed by atoms with van der Waals surface area (Å²) in [5, 5.41) is 0. The van der Waals surface area contributed by atoms with Crippen LogP contribution >= 0.6 is 0 Å². The first-order valence-electron chi connectivity index (χ1n) is 5.79. The lowest BCUT2D eigenvalue weighted by Gasteiger charge is -2.04. The van der Waals surface area contributed by atoms with Crippen molar-refractivity contribution in [2.45, 2.75) is 0 Å². The predicted octanol–water partition coefficient (Wildman–Crippen LogP) is 3.37. The Morgan fingerprint density at radius 2 is 1.74 bits per heavy atom. The van der Waals surface area contributed by atoms with Crippen molar-refractivity contribution >= 4 is 12.2 Å². The fourth-order valence-corrected chi connectivity index (χ4v) is 1.48. The molecule has 0 amide bonds. The standard InChI is InChI=1S/C15H14FNO2/c1-18-11-19-14-7-4-12(5-8-14)2-3-13-6-9-15(16)17-10-13/h2-10H,11H2,1H3/b3-2+. The number of benzene rings is 1. The van der Waals surface area contributed by atoms with E-state index in [0.717, 1.165) is 16.9 Å². The third-order valence-electron chi connectivity index (χ3n) is 2.44. The average Bonchev–Trinajstić information content (AvgIpc) is 2.46. The fourth-order valence-electron chi connectivity index (χ4n) is 1.48. The van der Waals surface area contributed by atoms with Crippen LogP contribution in [0.2, 0.25) is 0 Å². The van der Waals surface area contributed by atoms with Crippen molar-refractivity contribution < 1.29 is 13.9 Å². The zero-order valence-electron chi connectivity index (χ0n) is 10.5. The molecule has 0 saturated carbocycles. The summed E-state index contributed by atoms with van der Waals surface area (Å²) in [6.07, 6.45) is 5.29. The molecule has 0 spiro atoms. The second-order valence-electron chi connectivity index (χ2n) is 3.87. The zero-order chi connectivity index (χ0) is 13.5. The van der Waals surface area contributed by atoms with Crippen LogP contribution in [0.25, 0.3) is 12.2 Å². The summed E-state index contributed by atoms with van der Waals surface area (Å²) in [6.45, 7) is 0.233. The number of pyridine rings is 1. The van der Waals surface area contributed by atoms with Gasteiger partial charge in [-0.25, -0.2) is 4.98 Å². The van der Waals surface area contributed by atoms with Crippen molar-refractivity contribution in [1.29, 1.82) is 0 Å². The summed E-state index contributed by atoms with van der Waals surface area (Å²) >= 11 is 0. The van der Waals surface area contributed by atoms with Gasteiger partial charge in [0.05, 0.1) is 0 Å². The molecular formula is C15H14FNO2. The summed E-state index contributed by atoms with van der Waals surface area (Å²) in [5.74, 6) is 0.277. The molecule has 0 N–H and O–H groups in total. The van der Waals surface area contributed by atoms with E-state index in [1.54, 1.807) is 13.2 Å². The molecule has 0 bridgehead atoms. The molecule has 2 aromatic rings. The molecule has 2 rings (SSSR count). The molecule has 0 saturated heterocycles. The highest BCUT2D eigenvalue weighted by Gasteiger charge is 1.94. The third-order valence-corrected chi connectivity index (χ3v) is 2.44. The minimum Gasteiger partial charge on any atom is -0.468 e. The summed E-state index contributed by atoms with van der Waals surface area (Å²) in [7, 11) is 1.58. The quantitative estimate of drug-likeness (QED) is 0.609. The van der Waals surface area contributed by atoms with E-state index in [2.05, 4.69) is 4.98 Å². The lowest BCUT2D eigenvalue weighted by Crippen LogP contribution is -1.98. The Labute approximate surface area is 111 Å². The molecule has 0 fully saturated rings. The molecule has 19 heavy (non-hydrogen) atoms. The summed E-state index contributed by atoms with van der Waals surface area (Å²) in [4.78, 5) is 3.59. The van der Waals surface area contributed by atoms with E-state index in [-0.39, 0.29) is 6.79 Å². The van der Waals surface area contributed by atoms with E-state index in [1.807, 2.05) is 36.4 Å². The van der Waals surface area contributed by atoms with Crippen LogP contribution in [0.5, 0.6) is 5.75 Å². The molecule has 0 aliphatic rings. The largest absolute Gasteiger partial charge is 0.468 e. The highest BCUT2D eigenvalue weighted by Crippen LogP contribution is 2.14. The Bertz CT molecular complexity index is 535. The predicted molar refractivity (Wildman–Crippen MR) is 72.1 cm³/mol. The molecule has 0 aliphatic heterocycles. The van der Waals surface area contributed by atoms with Gasteiger partial charge in [0, 0.05) is 13.3 Å². The molecule has 4 heteroatoms. The first kappa shape index (κ1) is 13.2. The van der Waals surface area contributed by atoms with Crippen molar-refractivity contribution in [3.05, 3.63) is 59.7 Å². The second-order valence-corrected chi connectivity index (χ2v) is 3.87. The summed E-state index contributed by atoms with van der Waals surface area (Å²) < 4.78 is 22.7. The molecule has 0 atom stereocenters. The van der Waals surface area contributed by atoms with E-state index in [9.17, 15) is 4.39 Å². The Hall–Kier alpha value is -2.20. The average molecular weight is 259 g/mol. The van der Waals surface area contributed by atoms with E-state index >= 15 is 0 Å². The number of nitrogens with zero attached hydrogens (tertiary/aromatic N) is 1. The number of hydrogen-bond donors (Lipinski definition) is 0. The van der Waals surface area contributed by atoms with Gasteiger partial charge in [0.25, 0.3) is 0 Å². The van der Waals surface area contributed by atoms with Gasteiger partial charge in [0.2, 0.25) is 5.95 Å². The van der Waals surface area contributed by atoms with E-state index in [1.165, 1.54) is 12.3 Å². The summed E-state index contributed by atoms with van der Waals surface area (Å²) in [6, 6.07) is 10.6. The van der Waals surface area contributed by atoms with Crippen LogP contribution in [0.4, 0.5) is 4.39 Å². The number of hydrogen-bond acceptors (Lipinski definition) is 3. The maximum absolute atomic E-state index is 12.6. The smallest absolute Gasteiger partial charge is 0.212 e. The zero-order valence-corrected chi connectivity index (χ0v) is 10.5. The fraction of sp³-hybridized carbons (Fsp3) is 0.133. The Morgan fingerprint density at radius 1 is 1.05 bits per heavy atom. The first-order chi connectivity index (χ1) is 9.28. The van der Waals surface area contributed by atoms with Crippen LogP contribution in [0, 0.1) is 5.95 Å². The van der Waals surface area contributed by atoms with Gasteiger partial charge in [-0.1, -0.05) is 24.3 Å². The highest BCUT2D eigenvalue weighted by molar-refractivity contribution is 5.69. The van der Waals surface area contributed by atoms with Crippen molar-refractivity contribution in [2.75, 3.05) is 13.9 Å². The van der Waals surface area contributed by atoms with E-state index < -0.39 is 5.95 Å². The monoisotopic (exact) mass is 259 g/mol. The Balaban J connectivity index is 2.00. The Kier molecular flexibility index (Phi) is 4.64. The molecule has 1 aromatic heterocycles. The minimum atomic E-state index is -0.475. The maximum atomic E-state index is 12.6. The van der Waals surface area contributed by atoms with Gasteiger partial charge in [-0.05, 0) is 35.4 Å². The molecule has 3 nitrogen and oxygen atoms in total. The van der Waals surface area contributed by atoms with Gasteiger partial charge in [-0.2, -0.15) is 4.39 Å². The molecule has 0 radical (unpaired) electrons. The molecule has 98 valence electrons. The minimum absolute atomic E-state index is 0.233. The third kappa shape index (κ3) is 4.19. The normalized spacial score (nSPS) is 10.8. The topological polar surface area (TPSA) is 31.4 Å². The molecule has 1 heterocycles. The van der Waals surface area contributed by atoms with Crippen molar-refractivity contribution in [2.24, 2.45) is 0 Å². The van der Waals surface area contributed by atoms with Crippen LogP contribution in [0.1, 0.15) is 11.1 Å². The second kappa shape index (κ2) is 6.66. The van der Waals surface area contributed by atoms with Gasteiger partial charge in [0.15, 0.2) is 6.79 Å². The van der Waals surface area contributed by atoms with Gasteiger partial charge in [-0.15, -0.1) is 0 Å². The molecule has 0 unspecified atom stereocenters. The van der Waals surface area contributed by atoms with Crippen molar-refractivity contribution in [3.8, 4) is 5.75 Å². The van der Waals surface area contributed by atoms with E-state index in [4.69, 9.17) is 9.47 Å². The molecule has 1 aromatic carbocycles. The van der Waals surface area contributed by atoms with Gasteiger partial charge in [-0.3, -0.25) is 0 Å². The molecular weight excluding hydrogens is 245 g/mol. The first-order valence-corrected chi connectivity index (χ1v) is 5.79. The summed E-state index contributed by atoms with van der Waals surface area (Å²) in [5.41, 5.74) is 1.87. The number of aromatic nitrogens is 1. The number of rotatable bonds is 5. The number of methoxy groups -OCH3 is 1. The number of halogens is 1. The van der Waals surface area contributed by atoms with Crippen LogP contribution < -0.4 is 4.74 Å².